The lowest BCUT2D eigenvalue weighted by atomic mass is 10.0. The summed E-state index contributed by atoms with van der Waals surface area (Å²) >= 11 is 0. The molecule has 1 aliphatic heterocycles. The van der Waals surface area contributed by atoms with E-state index in [2.05, 4.69) is 0 Å². The Morgan fingerprint density at radius 3 is 2.63 bits per heavy atom. The molecule has 2 atom stereocenters. The summed E-state index contributed by atoms with van der Waals surface area (Å²) in [4.78, 5) is 14.8. The van der Waals surface area contributed by atoms with E-state index < -0.39 is 11.9 Å². The number of benzene rings is 2. The van der Waals surface area contributed by atoms with Crippen molar-refractivity contribution in [2.45, 2.75) is 31.9 Å². The van der Waals surface area contributed by atoms with Crippen molar-refractivity contribution in [3.05, 3.63) is 53.8 Å². The Kier molecular flexibility index (Phi) is 5.84. The van der Waals surface area contributed by atoms with Gasteiger partial charge in [0.25, 0.3) is 5.91 Å². The smallest absolute Gasteiger partial charge is 0.263 e. The average molecular weight is 373 g/mol. The Hall–Kier alpha value is -2.76. The van der Waals surface area contributed by atoms with Crippen LogP contribution in [0.3, 0.4) is 0 Å². The zero-order valence-corrected chi connectivity index (χ0v) is 15.8. The molecule has 1 amide bonds. The molecule has 5 nitrogen and oxygen atoms in total. The highest BCUT2D eigenvalue weighted by molar-refractivity contribution is 5.81. The number of amides is 1. The van der Waals surface area contributed by atoms with Crippen molar-refractivity contribution < 1.29 is 23.4 Å². The number of rotatable bonds is 6. The first kappa shape index (κ1) is 19.0. The minimum absolute atomic E-state index is 0.0769. The third kappa shape index (κ3) is 3.99. The normalized spacial score (nSPS) is 17.5. The lowest BCUT2D eigenvalue weighted by molar-refractivity contribution is -0.139. The van der Waals surface area contributed by atoms with Crippen LogP contribution in [0.4, 0.5) is 4.39 Å². The van der Waals surface area contributed by atoms with Gasteiger partial charge in [-0.2, -0.15) is 0 Å². The third-order valence-corrected chi connectivity index (χ3v) is 4.82. The summed E-state index contributed by atoms with van der Waals surface area (Å²) in [7, 11) is 3.21. The van der Waals surface area contributed by atoms with E-state index in [1.807, 2.05) is 18.2 Å². The Labute approximate surface area is 158 Å². The van der Waals surface area contributed by atoms with Gasteiger partial charge in [0.15, 0.2) is 17.7 Å². The van der Waals surface area contributed by atoms with E-state index in [9.17, 15) is 9.18 Å². The molecule has 1 heterocycles. The highest BCUT2D eigenvalue weighted by atomic mass is 19.1. The van der Waals surface area contributed by atoms with Crippen LogP contribution in [0.5, 0.6) is 17.2 Å². The van der Waals surface area contributed by atoms with Crippen molar-refractivity contribution in [2.75, 3.05) is 20.8 Å². The molecule has 27 heavy (non-hydrogen) atoms. The van der Waals surface area contributed by atoms with Crippen LogP contribution in [-0.2, 0) is 4.79 Å². The number of carbonyl (C=O) groups excluding carboxylic acids is 1. The molecule has 0 N–H and O–H groups in total. The largest absolute Gasteiger partial charge is 0.497 e. The van der Waals surface area contributed by atoms with Crippen LogP contribution in [0.1, 0.15) is 31.4 Å². The summed E-state index contributed by atoms with van der Waals surface area (Å²) in [5.74, 6) is 0.840. The minimum atomic E-state index is -0.792. The van der Waals surface area contributed by atoms with E-state index >= 15 is 0 Å². The minimum Gasteiger partial charge on any atom is -0.497 e. The van der Waals surface area contributed by atoms with Crippen LogP contribution in [0.2, 0.25) is 0 Å². The molecule has 2 aromatic carbocycles. The maximum Gasteiger partial charge on any atom is 0.263 e. The van der Waals surface area contributed by atoms with Gasteiger partial charge >= 0.3 is 0 Å². The molecule has 1 fully saturated rings. The quantitative estimate of drug-likeness (QED) is 0.769. The Morgan fingerprint density at radius 2 is 1.93 bits per heavy atom. The van der Waals surface area contributed by atoms with Crippen LogP contribution in [0, 0.1) is 5.82 Å². The van der Waals surface area contributed by atoms with Crippen molar-refractivity contribution in [1.82, 2.24) is 4.90 Å². The highest BCUT2D eigenvalue weighted by Gasteiger charge is 2.35. The summed E-state index contributed by atoms with van der Waals surface area (Å²) in [6, 6.07) is 11.5. The van der Waals surface area contributed by atoms with Crippen molar-refractivity contribution in [2.24, 2.45) is 0 Å². The molecule has 144 valence electrons. The van der Waals surface area contributed by atoms with Crippen LogP contribution >= 0.6 is 0 Å². The number of nitrogens with zero attached hydrogens (tertiary/aromatic N) is 1. The Balaban J connectivity index is 1.81. The molecular weight excluding hydrogens is 349 g/mol. The molecule has 1 saturated heterocycles. The fraction of sp³-hybridized carbons (Fsp3) is 0.381. The summed E-state index contributed by atoms with van der Waals surface area (Å²) in [6.45, 7) is 2.27. The molecule has 0 bridgehead atoms. The third-order valence-electron chi connectivity index (χ3n) is 4.82. The molecule has 0 saturated carbocycles. The van der Waals surface area contributed by atoms with Gasteiger partial charge in [-0.1, -0.05) is 12.1 Å². The number of methoxy groups -OCH3 is 2. The average Bonchev–Trinajstić information content (AvgIpc) is 3.18. The molecule has 0 aliphatic carbocycles. The van der Waals surface area contributed by atoms with Gasteiger partial charge in [-0.3, -0.25) is 4.79 Å². The number of likely N-dealkylation sites (tertiary alicyclic amines) is 1. The topological polar surface area (TPSA) is 48.0 Å². The van der Waals surface area contributed by atoms with E-state index in [1.165, 1.54) is 12.1 Å². The van der Waals surface area contributed by atoms with Crippen LogP contribution < -0.4 is 14.2 Å². The summed E-state index contributed by atoms with van der Waals surface area (Å²) < 4.78 is 30.2. The Morgan fingerprint density at radius 1 is 1.15 bits per heavy atom. The van der Waals surface area contributed by atoms with Crippen LogP contribution in [-0.4, -0.2) is 37.7 Å². The molecular formula is C21H24FNO4. The fourth-order valence-corrected chi connectivity index (χ4v) is 3.47. The van der Waals surface area contributed by atoms with Gasteiger partial charge in [-0.05, 0) is 50.1 Å². The molecule has 1 aliphatic rings. The molecule has 2 aromatic rings. The lowest BCUT2D eigenvalue weighted by Gasteiger charge is -2.29. The van der Waals surface area contributed by atoms with Gasteiger partial charge in [-0.25, -0.2) is 4.39 Å². The first-order valence-corrected chi connectivity index (χ1v) is 8.98. The van der Waals surface area contributed by atoms with E-state index in [0.29, 0.717) is 18.0 Å². The summed E-state index contributed by atoms with van der Waals surface area (Å²) in [5, 5.41) is 0. The predicted octanol–water partition coefficient (Wildman–Crippen LogP) is 3.97. The van der Waals surface area contributed by atoms with Gasteiger partial charge in [0, 0.05) is 12.1 Å². The first-order chi connectivity index (χ1) is 13.0. The summed E-state index contributed by atoms with van der Waals surface area (Å²) in [6.07, 6.45) is 0.907. The van der Waals surface area contributed by atoms with Gasteiger partial charge < -0.3 is 19.1 Å². The predicted molar refractivity (Wildman–Crippen MR) is 99.7 cm³/mol. The second kappa shape index (κ2) is 8.29. The number of halogens is 1. The van der Waals surface area contributed by atoms with Crippen LogP contribution in [0.25, 0.3) is 0 Å². The maximum absolute atomic E-state index is 13.8. The number of ether oxygens (including phenoxy) is 3. The SMILES string of the molecule is COc1ccc(OC)c(C2CCCN2C(=O)C(C)Oc2ccccc2F)c1. The molecule has 0 aromatic heterocycles. The molecule has 0 radical (unpaired) electrons. The van der Waals surface area contributed by atoms with E-state index in [4.69, 9.17) is 14.2 Å². The second-order valence-electron chi connectivity index (χ2n) is 6.49. The monoisotopic (exact) mass is 373 g/mol. The second-order valence-corrected chi connectivity index (χ2v) is 6.49. The number of hydrogen-bond acceptors (Lipinski definition) is 4. The van der Waals surface area contributed by atoms with Gasteiger partial charge in [0.05, 0.1) is 20.3 Å². The molecule has 0 spiro atoms. The highest BCUT2D eigenvalue weighted by Crippen LogP contribution is 2.39. The molecule has 6 heteroatoms. The number of para-hydroxylation sites is 1. The Bertz CT molecular complexity index is 811. The zero-order chi connectivity index (χ0) is 19.4. The van der Waals surface area contributed by atoms with Gasteiger partial charge in [0.2, 0.25) is 0 Å². The van der Waals surface area contributed by atoms with E-state index in [1.54, 1.807) is 38.2 Å². The number of carbonyl (C=O) groups is 1. The van der Waals surface area contributed by atoms with E-state index in [0.717, 1.165) is 18.4 Å². The lowest BCUT2D eigenvalue weighted by Crippen LogP contribution is -2.40. The zero-order valence-electron chi connectivity index (χ0n) is 15.8. The van der Waals surface area contributed by atoms with E-state index in [-0.39, 0.29) is 17.7 Å². The first-order valence-electron chi connectivity index (χ1n) is 8.98. The molecule has 2 unspecified atom stereocenters. The summed E-state index contributed by atoms with van der Waals surface area (Å²) in [5.41, 5.74) is 0.904. The number of hydrogen-bond donors (Lipinski definition) is 0. The van der Waals surface area contributed by atoms with Crippen molar-refractivity contribution in [3.63, 3.8) is 0 Å². The maximum atomic E-state index is 13.8. The fourth-order valence-electron chi connectivity index (χ4n) is 3.47. The van der Waals surface area contributed by atoms with Gasteiger partial charge in [-0.15, -0.1) is 0 Å². The van der Waals surface area contributed by atoms with Crippen molar-refractivity contribution >= 4 is 5.91 Å². The molecule has 3 rings (SSSR count). The van der Waals surface area contributed by atoms with Crippen LogP contribution in [0.15, 0.2) is 42.5 Å². The van der Waals surface area contributed by atoms with Crippen molar-refractivity contribution in [1.29, 1.82) is 0 Å². The standard InChI is InChI=1S/C21H24FNO4/c1-14(27-20-9-5-4-7-17(20)22)21(24)23-12-6-8-18(23)16-13-15(25-2)10-11-19(16)26-3/h4-5,7,9-11,13-14,18H,6,8,12H2,1-3H3. The van der Waals surface area contributed by atoms with Crippen molar-refractivity contribution in [3.8, 4) is 17.2 Å². The van der Waals surface area contributed by atoms with Gasteiger partial charge in [0.1, 0.15) is 11.5 Å².